The van der Waals surface area contributed by atoms with Crippen molar-refractivity contribution in [1.29, 1.82) is 0 Å². The van der Waals surface area contributed by atoms with E-state index in [-0.39, 0.29) is 0 Å². The topological polar surface area (TPSA) is 86.7 Å². The number of hydrogen-bond donors (Lipinski definition) is 2. The number of nitrogens with one attached hydrogen (secondary N) is 1. The van der Waals surface area contributed by atoms with E-state index in [0.717, 1.165) is 0 Å². The summed E-state index contributed by atoms with van der Waals surface area (Å²) in [6.07, 6.45) is -4.54. The molecular formula is C10H13F3N2O4. The highest BCUT2D eigenvalue weighted by atomic mass is 19.4. The van der Waals surface area contributed by atoms with Gasteiger partial charge in [0, 0.05) is 12.5 Å². The van der Waals surface area contributed by atoms with Gasteiger partial charge in [-0.2, -0.15) is 13.2 Å². The molecule has 19 heavy (non-hydrogen) atoms. The van der Waals surface area contributed by atoms with Crippen molar-refractivity contribution in [2.45, 2.75) is 37.9 Å². The Morgan fingerprint density at radius 3 is 2.21 bits per heavy atom. The zero-order valence-electron chi connectivity index (χ0n) is 9.87. The molecule has 0 spiro atoms. The lowest BCUT2D eigenvalue weighted by Gasteiger charge is -2.23. The van der Waals surface area contributed by atoms with Gasteiger partial charge in [-0.15, -0.1) is 0 Å². The summed E-state index contributed by atoms with van der Waals surface area (Å²) in [6, 6.07) is -1.64. The van der Waals surface area contributed by atoms with E-state index >= 15 is 0 Å². The predicted octanol–water partition coefficient (Wildman–Crippen LogP) is 1.11. The van der Waals surface area contributed by atoms with E-state index in [1.807, 2.05) is 0 Å². The molecule has 2 N–H and O–H groups in total. The maximum Gasteiger partial charge on any atom is 0.406 e. The highest BCUT2D eigenvalue weighted by Gasteiger charge is 2.41. The van der Waals surface area contributed by atoms with Gasteiger partial charge in [0.1, 0.15) is 6.54 Å². The van der Waals surface area contributed by atoms with Gasteiger partial charge < -0.3 is 10.0 Å². The Hall–Kier alpha value is -1.80. The summed E-state index contributed by atoms with van der Waals surface area (Å²) >= 11 is 0. The number of aliphatic carboxylic acids is 1. The fraction of sp³-hybridized carbons (Fsp3) is 0.700. The van der Waals surface area contributed by atoms with Gasteiger partial charge in [-0.25, -0.2) is 4.79 Å². The third kappa shape index (κ3) is 6.07. The van der Waals surface area contributed by atoms with Crippen LogP contribution in [0.2, 0.25) is 0 Å². The van der Waals surface area contributed by atoms with Crippen LogP contribution in [0.5, 0.6) is 0 Å². The van der Waals surface area contributed by atoms with Crippen LogP contribution >= 0.6 is 0 Å². The van der Waals surface area contributed by atoms with E-state index in [4.69, 9.17) is 5.11 Å². The number of halogens is 3. The van der Waals surface area contributed by atoms with Crippen LogP contribution in [-0.2, 0) is 9.59 Å². The quantitative estimate of drug-likeness (QED) is 0.791. The van der Waals surface area contributed by atoms with Crippen molar-refractivity contribution < 1.29 is 32.7 Å². The van der Waals surface area contributed by atoms with Crippen molar-refractivity contribution in [3.05, 3.63) is 0 Å². The van der Waals surface area contributed by atoms with Crippen molar-refractivity contribution in [2.24, 2.45) is 0 Å². The van der Waals surface area contributed by atoms with E-state index in [1.165, 1.54) is 0 Å². The molecule has 0 heterocycles. The molecule has 108 valence electrons. The van der Waals surface area contributed by atoms with E-state index in [9.17, 15) is 27.6 Å². The summed E-state index contributed by atoms with van der Waals surface area (Å²) in [5.41, 5.74) is 0. The van der Waals surface area contributed by atoms with E-state index < -0.39 is 49.5 Å². The SMILES string of the molecule is O=C(O)CCC(=O)NC(=O)N(CC(F)(F)F)C1CC1. The second kappa shape index (κ2) is 5.89. The van der Waals surface area contributed by atoms with Crippen LogP contribution in [0.15, 0.2) is 0 Å². The van der Waals surface area contributed by atoms with Crippen molar-refractivity contribution in [1.82, 2.24) is 10.2 Å². The fourth-order valence-electron chi connectivity index (χ4n) is 1.42. The number of hydrogen-bond acceptors (Lipinski definition) is 3. The van der Waals surface area contributed by atoms with Gasteiger partial charge in [0.05, 0.1) is 6.42 Å². The van der Waals surface area contributed by atoms with Crippen molar-refractivity contribution in [2.75, 3.05) is 6.54 Å². The molecule has 0 aromatic rings. The van der Waals surface area contributed by atoms with Crippen LogP contribution in [0, 0.1) is 0 Å². The van der Waals surface area contributed by atoms with Crippen LogP contribution in [0.4, 0.5) is 18.0 Å². The van der Waals surface area contributed by atoms with Gasteiger partial charge in [0.25, 0.3) is 0 Å². The second-order valence-electron chi connectivity index (χ2n) is 4.22. The Morgan fingerprint density at radius 2 is 1.79 bits per heavy atom. The van der Waals surface area contributed by atoms with Crippen LogP contribution in [0.25, 0.3) is 0 Å². The van der Waals surface area contributed by atoms with Crippen LogP contribution in [0.1, 0.15) is 25.7 Å². The van der Waals surface area contributed by atoms with Gasteiger partial charge in [0.2, 0.25) is 5.91 Å². The van der Waals surface area contributed by atoms with E-state index in [1.54, 1.807) is 5.32 Å². The Labute approximate surface area is 106 Å². The largest absolute Gasteiger partial charge is 0.481 e. The lowest BCUT2D eigenvalue weighted by Crippen LogP contribution is -2.47. The molecule has 1 saturated carbocycles. The zero-order chi connectivity index (χ0) is 14.6. The number of nitrogens with zero attached hydrogens (tertiary/aromatic N) is 1. The maximum atomic E-state index is 12.3. The first-order valence-electron chi connectivity index (χ1n) is 5.58. The number of carboxylic acid groups (broad SMARTS) is 1. The van der Waals surface area contributed by atoms with Crippen molar-refractivity contribution in [3.63, 3.8) is 0 Å². The number of carbonyl (C=O) groups is 3. The monoisotopic (exact) mass is 282 g/mol. The highest BCUT2D eigenvalue weighted by Crippen LogP contribution is 2.30. The minimum absolute atomic E-state index is 0.453. The molecule has 1 fully saturated rings. The molecular weight excluding hydrogens is 269 g/mol. The smallest absolute Gasteiger partial charge is 0.406 e. The first-order chi connectivity index (χ1) is 8.69. The Kier molecular flexibility index (Phi) is 4.73. The fourth-order valence-corrected chi connectivity index (χ4v) is 1.42. The molecule has 9 heteroatoms. The molecule has 0 aromatic heterocycles. The van der Waals surface area contributed by atoms with Gasteiger partial charge in [-0.05, 0) is 12.8 Å². The van der Waals surface area contributed by atoms with Crippen LogP contribution in [-0.4, -0.2) is 46.7 Å². The Balaban J connectivity index is 2.48. The third-order valence-corrected chi connectivity index (χ3v) is 2.41. The van der Waals surface area contributed by atoms with Crippen LogP contribution in [0.3, 0.4) is 0 Å². The number of rotatable bonds is 5. The van der Waals surface area contributed by atoms with Gasteiger partial charge in [-0.3, -0.25) is 14.9 Å². The van der Waals surface area contributed by atoms with Gasteiger partial charge in [-0.1, -0.05) is 0 Å². The van der Waals surface area contributed by atoms with Gasteiger partial charge in [0.15, 0.2) is 0 Å². The van der Waals surface area contributed by atoms with E-state index in [2.05, 4.69) is 0 Å². The molecule has 3 amide bonds. The molecule has 0 saturated heterocycles. The number of alkyl halides is 3. The number of carbonyl (C=O) groups excluding carboxylic acids is 2. The maximum absolute atomic E-state index is 12.3. The molecule has 0 radical (unpaired) electrons. The standard InChI is InChI=1S/C10H13F3N2O4/c11-10(12,13)5-15(6-1-2-6)9(19)14-7(16)3-4-8(17)18/h6H,1-5H2,(H,17,18)(H,14,16,19). The molecule has 1 aliphatic rings. The summed E-state index contributed by atoms with van der Waals surface area (Å²) in [7, 11) is 0. The molecule has 0 atom stereocenters. The molecule has 6 nitrogen and oxygen atoms in total. The summed E-state index contributed by atoms with van der Waals surface area (Å²) < 4.78 is 36.8. The number of carboxylic acids is 1. The zero-order valence-corrected chi connectivity index (χ0v) is 9.87. The second-order valence-corrected chi connectivity index (χ2v) is 4.22. The molecule has 0 bridgehead atoms. The average molecular weight is 282 g/mol. The number of urea groups is 1. The molecule has 1 rings (SSSR count). The van der Waals surface area contributed by atoms with Gasteiger partial charge >= 0.3 is 18.2 Å². The normalized spacial score (nSPS) is 14.9. The minimum atomic E-state index is -4.54. The van der Waals surface area contributed by atoms with Crippen LogP contribution < -0.4 is 5.32 Å². The molecule has 0 aliphatic heterocycles. The molecule has 0 unspecified atom stereocenters. The van der Waals surface area contributed by atoms with Crippen molar-refractivity contribution in [3.8, 4) is 0 Å². The Bertz CT molecular complexity index is 379. The Morgan fingerprint density at radius 1 is 1.21 bits per heavy atom. The summed E-state index contributed by atoms with van der Waals surface area (Å²) in [6.45, 7) is -1.42. The first kappa shape index (κ1) is 15.3. The molecule has 1 aliphatic carbocycles. The lowest BCUT2D eigenvalue weighted by molar-refractivity contribution is -0.141. The summed E-state index contributed by atoms with van der Waals surface area (Å²) in [5, 5.41) is 10.1. The predicted molar refractivity (Wildman–Crippen MR) is 56.2 cm³/mol. The minimum Gasteiger partial charge on any atom is -0.481 e. The first-order valence-corrected chi connectivity index (χ1v) is 5.58. The van der Waals surface area contributed by atoms with E-state index in [0.29, 0.717) is 17.7 Å². The molecule has 0 aromatic carbocycles. The van der Waals surface area contributed by atoms with Crippen molar-refractivity contribution >= 4 is 17.9 Å². The highest BCUT2D eigenvalue weighted by molar-refractivity contribution is 5.95. The average Bonchev–Trinajstić information content (AvgIpc) is 3.05. The number of imide groups is 1. The lowest BCUT2D eigenvalue weighted by atomic mass is 10.3. The summed E-state index contributed by atoms with van der Waals surface area (Å²) in [5.74, 6) is -2.13. The summed E-state index contributed by atoms with van der Waals surface area (Å²) in [4.78, 5) is 33.4. The third-order valence-electron chi connectivity index (χ3n) is 2.41. The number of amides is 3.